The number of carboxylic acids is 1. The van der Waals surface area contributed by atoms with Crippen LogP contribution in [0.3, 0.4) is 0 Å². The minimum atomic E-state index is -0.954. The first-order valence-corrected chi connectivity index (χ1v) is 15.5. The van der Waals surface area contributed by atoms with Gasteiger partial charge in [-0.15, -0.1) is 0 Å². The Balaban J connectivity index is 1.44. The Labute approximate surface area is 263 Å². The number of hydrogen-bond acceptors (Lipinski definition) is 4. The van der Waals surface area contributed by atoms with E-state index in [4.69, 9.17) is 28.8 Å². The number of anilines is 2. The van der Waals surface area contributed by atoms with Gasteiger partial charge in [0.2, 0.25) is 0 Å². The normalized spacial score (nSPS) is 22.1. The van der Waals surface area contributed by atoms with Crippen LogP contribution in [0, 0.1) is 25.7 Å². The van der Waals surface area contributed by atoms with E-state index in [1.54, 1.807) is 24.4 Å². The molecule has 2 aliphatic rings. The summed E-state index contributed by atoms with van der Waals surface area (Å²) >= 11 is 13.0. The minimum absolute atomic E-state index is 0.213. The molecule has 6 rings (SSSR count). The van der Waals surface area contributed by atoms with Crippen LogP contribution in [0.25, 0.3) is 5.69 Å². The molecule has 4 heterocycles. The molecule has 0 bridgehead atoms. The van der Waals surface area contributed by atoms with Crippen molar-refractivity contribution in [2.24, 2.45) is 11.8 Å². The number of piperidine rings is 1. The number of carbonyl (C=O) groups is 1. The first kappa shape index (κ1) is 29.2. The van der Waals surface area contributed by atoms with Crippen LogP contribution in [0.1, 0.15) is 65.4 Å². The second kappa shape index (κ2) is 11.7. The highest BCUT2D eigenvalue weighted by atomic mass is 35.5. The summed E-state index contributed by atoms with van der Waals surface area (Å²) in [6, 6.07) is 20.9. The zero-order valence-corrected chi connectivity index (χ0v) is 26.4. The van der Waals surface area contributed by atoms with Crippen LogP contribution in [-0.4, -0.2) is 38.8 Å². The number of halogens is 1. The molecule has 0 spiro atoms. The number of carboxylic acid groups (broad SMARTS) is 1. The Morgan fingerprint density at radius 1 is 1.00 bits per heavy atom. The number of aryl methyl sites for hydroxylation is 1. The van der Waals surface area contributed by atoms with Gasteiger partial charge < -0.3 is 24.8 Å². The topological polar surface area (TPSA) is 73.6 Å². The average Bonchev–Trinajstić information content (AvgIpc) is 3.47. The molecule has 0 amide bonds. The zero-order valence-electron chi connectivity index (χ0n) is 24.8. The molecule has 4 atom stereocenters. The number of pyridine rings is 1. The van der Waals surface area contributed by atoms with Crippen molar-refractivity contribution >= 4 is 46.3 Å². The molecule has 43 heavy (non-hydrogen) atoms. The summed E-state index contributed by atoms with van der Waals surface area (Å²) < 4.78 is 2.10. The lowest BCUT2D eigenvalue weighted by atomic mass is 9.91. The largest absolute Gasteiger partial charge is 0.478 e. The Hall–Kier alpha value is -3.88. The lowest BCUT2D eigenvalue weighted by Crippen LogP contribution is -2.38. The van der Waals surface area contributed by atoms with Gasteiger partial charge in [0.15, 0.2) is 5.11 Å². The van der Waals surface area contributed by atoms with Gasteiger partial charge in [-0.1, -0.05) is 37.6 Å². The van der Waals surface area contributed by atoms with Crippen molar-refractivity contribution in [2.45, 2.75) is 46.2 Å². The number of nitrogens with zero attached hydrogens (tertiary/aromatic N) is 4. The van der Waals surface area contributed by atoms with Crippen molar-refractivity contribution in [1.82, 2.24) is 14.9 Å². The molecule has 222 valence electrons. The quantitative estimate of drug-likeness (QED) is 0.218. The fraction of sp³-hybridized carbons (Fsp3) is 0.324. The van der Waals surface area contributed by atoms with E-state index < -0.39 is 5.97 Å². The second-order valence-electron chi connectivity index (χ2n) is 12.0. The Bertz CT molecular complexity index is 1680. The summed E-state index contributed by atoms with van der Waals surface area (Å²) in [7, 11) is 0. The van der Waals surface area contributed by atoms with Crippen molar-refractivity contribution in [2.75, 3.05) is 22.9 Å². The summed E-state index contributed by atoms with van der Waals surface area (Å²) in [5.41, 5.74) is 6.95. The number of aromatic carboxylic acids is 1. The van der Waals surface area contributed by atoms with Gasteiger partial charge in [0.25, 0.3) is 0 Å². The highest BCUT2D eigenvalue weighted by Crippen LogP contribution is 2.45. The Morgan fingerprint density at radius 3 is 2.44 bits per heavy atom. The number of nitrogens with one attached hydrogen (secondary N) is 1. The number of thiocarbonyl (C=S) groups is 1. The number of benzene rings is 2. The van der Waals surface area contributed by atoms with E-state index >= 15 is 0 Å². The van der Waals surface area contributed by atoms with Crippen molar-refractivity contribution in [3.8, 4) is 5.69 Å². The molecule has 2 aliphatic heterocycles. The molecule has 7 nitrogen and oxygen atoms in total. The van der Waals surface area contributed by atoms with Crippen LogP contribution < -0.4 is 15.1 Å². The summed E-state index contributed by atoms with van der Waals surface area (Å²) in [6.45, 7) is 10.7. The van der Waals surface area contributed by atoms with Gasteiger partial charge in [-0.05, 0) is 104 Å². The Kier molecular flexibility index (Phi) is 7.92. The molecular weight excluding hydrogens is 578 g/mol. The maximum atomic E-state index is 11.7. The maximum absolute atomic E-state index is 11.7. The van der Waals surface area contributed by atoms with Crippen LogP contribution in [0.15, 0.2) is 72.9 Å². The van der Waals surface area contributed by atoms with Crippen LogP contribution in [0.5, 0.6) is 0 Å². The summed E-state index contributed by atoms with van der Waals surface area (Å²) in [6.07, 6.45) is 3.03. The van der Waals surface area contributed by atoms with E-state index in [0.29, 0.717) is 22.0 Å². The molecule has 4 aromatic rings. The molecule has 2 saturated heterocycles. The fourth-order valence-electron chi connectivity index (χ4n) is 6.97. The van der Waals surface area contributed by atoms with Gasteiger partial charge in [0.05, 0.1) is 34.1 Å². The van der Waals surface area contributed by atoms with Crippen molar-refractivity contribution in [3.05, 3.63) is 106 Å². The van der Waals surface area contributed by atoms with Crippen LogP contribution >= 0.6 is 23.8 Å². The molecule has 2 aromatic carbocycles. The lowest BCUT2D eigenvalue weighted by molar-refractivity contribution is 0.0697. The molecule has 0 aliphatic carbocycles. The van der Waals surface area contributed by atoms with Crippen LogP contribution in [-0.2, 0) is 0 Å². The molecule has 9 heteroatoms. The van der Waals surface area contributed by atoms with E-state index in [0.717, 1.165) is 52.8 Å². The monoisotopic (exact) mass is 613 g/mol. The molecule has 0 unspecified atom stereocenters. The van der Waals surface area contributed by atoms with Gasteiger partial charge in [-0.2, -0.15) is 0 Å². The van der Waals surface area contributed by atoms with Crippen molar-refractivity contribution in [3.63, 3.8) is 0 Å². The number of rotatable bonds is 6. The molecule has 0 radical (unpaired) electrons. The smallest absolute Gasteiger partial charge is 0.335 e. The van der Waals surface area contributed by atoms with Crippen LogP contribution in [0.4, 0.5) is 11.4 Å². The molecule has 0 saturated carbocycles. The van der Waals surface area contributed by atoms with Crippen molar-refractivity contribution in [1.29, 1.82) is 0 Å². The number of aromatic nitrogens is 2. The van der Waals surface area contributed by atoms with Gasteiger partial charge in [0.1, 0.15) is 0 Å². The van der Waals surface area contributed by atoms with Gasteiger partial charge >= 0.3 is 5.97 Å². The third-order valence-corrected chi connectivity index (χ3v) is 9.27. The van der Waals surface area contributed by atoms with Crippen LogP contribution in [0.2, 0.25) is 5.02 Å². The van der Waals surface area contributed by atoms with Gasteiger partial charge in [-0.25, -0.2) is 4.79 Å². The van der Waals surface area contributed by atoms with E-state index in [9.17, 15) is 9.90 Å². The predicted octanol–water partition coefficient (Wildman–Crippen LogP) is 7.50. The molecule has 2 aromatic heterocycles. The SMILES string of the molecule is Cc1cc([C@H]2[C@H](c3ccccn3)NC(=S)N2c2ccc(N3C[C@H](C)C[C@H](C)C3)c(Cl)c2)c(C)n1-c1cccc(C(=O)O)c1. The highest BCUT2D eigenvalue weighted by Gasteiger charge is 2.42. The zero-order chi connectivity index (χ0) is 30.4. The van der Waals surface area contributed by atoms with E-state index in [2.05, 4.69) is 58.7 Å². The van der Waals surface area contributed by atoms with E-state index in [1.165, 1.54) is 6.42 Å². The Morgan fingerprint density at radius 2 is 1.77 bits per heavy atom. The third kappa shape index (κ3) is 5.50. The predicted molar refractivity (Wildman–Crippen MR) is 177 cm³/mol. The first-order chi connectivity index (χ1) is 20.6. The second-order valence-corrected chi connectivity index (χ2v) is 12.8. The lowest BCUT2D eigenvalue weighted by Gasteiger charge is -2.37. The minimum Gasteiger partial charge on any atom is -0.478 e. The third-order valence-electron chi connectivity index (χ3n) is 8.66. The molecule has 2 N–H and O–H groups in total. The van der Waals surface area contributed by atoms with E-state index in [1.807, 2.05) is 37.3 Å². The first-order valence-electron chi connectivity index (χ1n) is 14.7. The molecule has 2 fully saturated rings. The van der Waals surface area contributed by atoms with E-state index in [-0.39, 0.29) is 17.6 Å². The fourth-order valence-corrected chi connectivity index (χ4v) is 7.61. The standard InChI is InChI=1S/C34H36ClN5O2S/c1-20-14-21(2)19-38(18-20)30-12-11-26(17-28(30)35)40-32(31(37-34(40)43)29-10-5-6-13-36-29)27-15-22(3)39(23(27)4)25-9-7-8-24(16-25)33(41)42/h5-13,15-17,20-21,31-32H,14,18-19H2,1-4H3,(H,37,43)(H,41,42)/t20-,21+,31-,32-/m0/s1. The van der Waals surface area contributed by atoms with Gasteiger partial charge in [-0.3, -0.25) is 4.98 Å². The number of hydrogen-bond donors (Lipinski definition) is 2. The summed E-state index contributed by atoms with van der Waals surface area (Å²) in [5, 5.41) is 14.5. The average molecular weight is 614 g/mol. The van der Waals surface area contributed by atoms with Gasteiger partial charge in [0, 0.05) is 42.0 Å². The summed E-state index contributed by atoms with van der Waals surface area (Å²) in [4.78, 5) is 21.0. The maximum Gasteiger partial charge on any atom is 0.335 e. The molecular formula is C34H36ClN5O2S. The highest BCUT2D eigenvalue weighted by molar-refractivity contribution is 7.80. The van der Waals surface area contributed by atoms with Crippen molar-refractivity contribution < 1.29 is 9.90 Å². The summed E-state index contributed by atoms with van der Waals surface area (Å²) in [5.74, 6) is 0.277.